The summed E-state index contributed by atoms with van der Waals surface area (Å²) >= 11 is 0. The van der Waals surface area contributed by atoms with Gasteiger partial charge in [0.1, 0.15) is 5.75 Å². The fraction of sp³-hybridized carbons (Fsp3) is 0.391. The molecule has 0 radical (unpaired) electrons. The van der Waals surface area contributed by atoms with Gasteiger partial charge in [-0.3, -0.25) is 9.59 Å². The summed E-state index contributed by atoms with van der Waals surface area (Å²) in [5.74, 6) is 0.695. The lowest BCUT2D eigenvalue weighted by Crippen LogP contribution is -2.35. The number of methoxy groups -OCH3 is 1. The van der Waals surface area contributed by atoms with Gasteiger partial charge in [0, 0.05) is 32.1 Å². The Kier molecular flexibility index (Phi) is 7.61. The van der Waals surface area contributed by atoms with Crippen LogP contribution in [0.4, 0.5) is 5.69 Å². The van der Waals surface area contributed by atoms with Crippen molar-refractivity contribution in [1.29, 1.82) is 0 Å². The van der Waals surface area contributed by atoms with E-state index >= 15 is 0 Å². The minimum Gasteiger partial charge on any atom is -0.497 e. The van der Waals surface area contributed by atoms with Gasteiger partial charge in [0.25, 0.3) is 0 Å². The van der Waals surface area contributed by atoms with Crippen LogP contribution in [0, 0.1) is 20.8 Å². The van der Waals surface area contributed by atoms with Crippen molar-refractivity contribution in [2.75, 3.05) is 25.1 Å². The zero-order chi connectivity index (χ0) is 20.7. The number of rotatable bonds is 8. The van der Waals surface area contributed by atoms with Crippen LogP contribution >= 0.6 is 0 Å². The lowest BCUT2D eigenvalue weighted by atomic mass is 10.0. The van der Waals surface area contributed by atoms with Crippen LogP contribution < -0.4 is 15.0 Å². The highest BCUT2D eigenvalue weighted by Crippen LogP contribution is 2.26. The molecule has 0 saturated carbocycles. The fourth-order valence-corrected chi connectivity index (χ4v) is 3.50. The molecule has 0 bridgehead atoms. The third-order valence-electron chi connectivity index (χ3n) is 4.72. The van der Waals surface area contributed by atoms with Gasteiger partial charge in [0.15, 0.2) is 0 Å². The molecule has 0 saturated heterocycles. The smallest absolute Gasteiger partial charge is 0.223 e. The molecule has 5 nitrogen and oxygen atoms in total. The molecule has 2 aromatic carbocycles. The molecule has 150 valence electrons. The molecule has 0 aromatic heterocycles. The van der Waals surface area contributed by atoms with Gasteiger partial charge >= 0.3 is 0 Å². The summed E-state index contributed by atoms with van der Waals surface area (Å²) in [5.41, 5.74) is 5.27. The minimum atomic E-state index is -0.0587. The molecular formula is C23H30N2O3. The maximum absolute atomic E-state index is 12.3. The van der Waals surface area contributed by atoms with Gasteiger partial charge in [0.2, 0.25) is 11.8 Å². The molecule has 0 aliphatic heterocycles. The molecule has 2 rings (SSSR count). The Labute approximate surface area is 167 Å². The number of carbonyl (C=O) groups is 2. The van der Waals surface area contributed by atoms with E-state index in [2.05, 4.69) is 17.4 Å². The number of hydrogen-bond donors (Lipinski definition) is 1. The summed E-state index contributed by atoms with van der Waals surface area (Å²) in [6.07, 6.45) is 1.000. The third-order valence-corrected chi connectivity index (χ3v) is 4.72. The number of amides is 2. The summed E-state index contributed by atoms with van der Waals surface area (Å²) in [6, 6.07) is 11.9. The molecule has 5 heteroatoms. The number of hydrogen-bond acceptors (Lipinski definition) is 3. The molecule has 0 aliphatic carbocycles. The molecular weight excluding hydrogens is 352 g/mol. The Morgan fingerprint density at radius 1 is 1.07 bits per heavy atom. The number of ether oxygens (including phenoxy) is 1. The normalized spacial score (nSPS) is 10.5. The lowest BCUT2D eigenvalue weighted by Gasteiger charge is -2.25. The van der Waals surface area contributed by atoms with Crippen LogP contribution in [-0.2, 0) is 16.0 Å². The van der Waals surface area contributed by atoms with Crippen LogP contribution in [0.5, 0.6) is 5.75 Å². The van der Waals surface area contributed by atoms with Crippen LogP contribution in [0.3, 0.4) is 0 Å². The zero-order valence-electron chi connectivity index (χ0n) is 17.5. The highest BCUT2D eigenvalue weighted by Gasteiger charge is 2.17. The van der Waals surface area contributed by atoms with Gasteiger partial charge < -0.3 is 15.0 Å². The van der Waals surface area contributed by atoms with E-state index in [0.717, 1.165) is 40.1 Å². The van der Waals surface area contributed by atoms with Crippen molar-refractivity contribution in [3.05, 3.63) is 58.7 Å². The molecule has 0 spiro atoms. The van der Waals surface area contributed by atoms with Crippen LogP contribution in [0.25, 0.3) is 0 Å². The van der Waals surface area contributed by atoms with Crippen molar-refractivity contribution in [3.8, 4) is 5.75 Å². The topological polar surface area (TPSA) is 58.6 Å². The average Bonchev–Trinajstić information content (AvgIpc) is 2.63. The summed E-state index contributed by atoms with van der Waals surface area (Å²) in [4.78, 5) is 26.2. The Balaban J connectivity index is 1.91. The number of aryl methyl sites for hydroxylation is 3. The quantitative estimate of drug-likeness (QED) is 0.757. The summed E-state index contributed by atoms with van der Waals surface area (Å²) in [7, 11) is 1.64. The molecule has 0 heterocycles. The van der Waals surface area contributed by atoms with Crippen molar-refractivity contribution in [2.45, 2.75) is 40.5 Å². The van der Waals surface area contributed by atoms with Crippen LogP contribution in [-0.4, -0.2) is 32.0 Å². The number of benzene rings is 2. The largest absolute Gasteiger partial charge is 0.497 e. The predicted molar refractivity (Wildman–Crippen MR) is 113 cm³/mol. The number of nitrogens with one attached hydrogen (secondary N) is 1. The van der Waals surface area contributed by atoms with E-state index in [9.17, 15) is 9.59 Å². The molecule has 28 heavy (non-hydrogen) atoms. The molecule has 0 aliphatic rings. The summed E-state index contributed by atoms with van der Waals surface area (Å²) in [6.45, 7) is 8.50. The second-order valence-electron chi connectivity index (χ2n) is 7.12. The SMILES string of the molecule is COc1cccc(CCNC(=O)CCN(C(C)=O)c2c(C)cc(C)cc2C)c1. The Morgan fingerprint density at radius 2 is 1.75 bits per heavy atom. The molecule has 0 fully saturated rings. The van der Waals surface area contributed by atoms with Gasteiger partial charge in [-0.15, -0.1) is 0 Å². The van der Waals surface area contributed by atoms with Gasteiger partial charge in [-0.25, -0.2) is 0 Å². The van der Waals surface area contributed by atoms with Crippen molar-refractivity contribution in [1.82, 2.24) is 5.32 Å². The van der Waals surface area contributed by atoms with Crippen molar-refractivity contribution in [2.24, 2.45) is 0 Å². The van der Waals surface area contributed by atoms with E-state index in [1.807, 2.05) is 45.0 Å². The van der Waals surface area contributed by atoms with Gasteiger partial charge in [-0.1, -0.05) is 29.8 Å². The van der Waals surface area contributed by atoms with Crippen molar-refractivity contribution >= 4 is 17.5 Å². The second kappa shape index (κ2) is 9.93. The highest BCUT2D eigenvalue weighted by molar-refractivity contribution is 5.94. The number of carbonyl (C=O) groups excluding carboxylic acids is 2. The first-order chi connectivity index (χ1) is 13.3. The Bertz CT molecular complexity index is 822. The Hall–Kier alpha value is -2.82. The lowest BCUT2D eigenvalue weighted by molar-refractivity contribution is -0.121. The Morgan fingerprint density at radius 3 is 2.36 bits per heavy atom. The van der Waals surface area contributed by atoms with Crippen molar-refractivity contribution in [3.63, 3.8) is 0 Å². The van der Waals surface area contributed by atoms with Gasteiger partial charge in [0.05, 0.1) is 7.11 Å². The zero-order valence-corrected chi connectivity index (χ0v) is 17.5. The van der Waals surface area contributed by atoms with E-state index in [1.165, 1.54) is 0 Å². The van der Waals surface area contributed by atoms with E-state index in [4.69, 9.17) is 4.74 Å². The first kappa shape index (κ1) is 21.5. The van der Waals surface area contributed by atoms with Crippen molar-refractivity contribution < 1.29 is 14.3 Å². The monoisotopic (exact) mass is 382 g/mol. The van der Waals surface area contributed by atoms with Gasteiger partial charge in [-0.2, -0.15) is 0 Å². The molecule has 2 aromatic rings. The van der Waals surface area contributed by atoms with E-state index in [1.54, 1.807) is 18.9 Å². The predicted octanol–water partition coefficient (Wildman–Crippen LogP) is 3.72. The van der Waals surface area contributed by atoms with Crippen LogP contribution in [0.1, 0.15) is 35.6 Å². The second-order valence-corrected chi connectivity index (χ2v) is 7.12. The third kappa shape index (κ3) is 5.84. The highest BCUT2D eigenvalue weighted by atomic mass is 16.5. The molecule has 0 atom stereocenters. The first-order valence-corrected chi connectivity index (χ1v) is 9.57. The van der Waals surface area contributed by atoms with E-state index in [-0.39, 0.29) is 18.2 Å². The van der Waals surface area contributed by atoms with E-state index < -0.39 is 0 Å². The maximum atomic E-state index is 12.3. The summed E-state index contributed by atoms with van der Waals surface area (Å²) in [5, 5.41) is 2.93. The molecule has 0 unspecified atom stereocenters. The van der Waals surface area contributed by atoms with Crippen LogP contribution in [0.2, 0.25) is 0 Å². The summed E-state index contributed by atoms with van der Waals surface area (Å²) < 4.78 is 5.21. The molecule has 2 amide bonds. The molecule has 1 N–H and O–H groups in total. The first-order valence-electron chi connectivity index (χ1n) is 9.57. The number of nitrogens with zero attached hydrogens (tertiary/aromatic N) is 1. The maximum Gasteiger partial charge on any atom is 0.223 e. The standard InChI is InChI=1S/C23H30N2O3/c1-16-13-17(2)23(18(3)14-16)25(19(4)26)12-10-22(27)24-11-9-20-7-6-8-21(15-20)28-5/h6-8,13-15H,9-12H2,1-5H3,(H,24,27). The number of anilines is 1. The fourth-order valence-electron chi connectivity index (χ4n) is 3.50. The average molecular weight is 383 g/mol. The van der Waals surface area contributed by atoms with E-state index in [0.29, 0.717) is 13.1 Å². The van der Waals surface area contributed by atoms with Gasteiger partial charge in [-0.05, 0) is 56.0 Å². The van der Waals surface area contributed by atoms with Crippen LogP contribution in [0.15, 0.2) is 36.4 Å². The minimum absolute atomic E-state index is 0.0563.